The van der Waals surface area contributed by atoms with Crippen LogP contribution in [0.2, 0.25) is 0 Å². The van der Waals surface area contributed by atoms with E-state index >= 15 is 0 Å². The summed E-state index contributed by atoms with van der Waals surface area (Å²) in [6.07, 6.45) is 3.18. The number of nitrogens with zero attached hydrogens (tertiary/aromatic N) is 2. The van der Waals surface area contributed by atoms with Gasteiger partial charge in [-0.15, -0.1) is 11.3 Å². The number of halogens is 1. The van der Waals surface area contributed by atoms with Gasteiger partial charge in [0, 0.05) is 11.0 Å². The number of nitrogens with one attached hydrogen (secondary N) is 1. The minimum atomic E-state index is -0.350. The van der Waals surface area contributed by atoms with Crippen molar-refractivity contribution in [2.75, 3.05) is 13.7 Å². The van der Waals surface area contributed by atoms with E-state index in [9.17, 15) is 9.59 Å². The molecule has 2 amide bonds. The molecule has 2 aliphatic heterocycles. The first-order valence-corrected chi connectivity index (χ1v) is 9.59. The summed E-state index contributed by atoms with van der Waals surface area (Å²) >= 11 is 4.78. The zero-order valence-corrected chi connectivity index (χ0v) is 15.9. The molecular weight excluding hydrogens is 406 g/mol. The number of rotatable bonds is 3. The van der Waals surface area contributed by atoms with Gasteiger partial charge >= 0.3 is 0 Å². The second-order valence-corrected chi connectivity index (χ2v) is 8.03. The fraction of sp³-hybridized carbons (Fsp3) is 0.353. The van der Waals surface area contributed by atoms with Gasteiger partial charge in [-0.1, -0.05) is 15.9 Å². The molecule has 0 spiro atoms. The lowest BCUT2D eigenvalue weighted by Gasteiger charge is -2.33. The minimum Gasteiger partial charge on any atom is -0.496 e. The molecule has 0 aliphatic carbocycles. The highest BCUT2D eigenvalue weighted by Gasteiger charge is 2.45. The quantitative estimate of drug-likeness (QED) is 0.826. The summed E-state index contributed by atoms with van der Waals surface area (Å²) in [6.45, 7) is 0.534. The van der Waals surface area contributed by atoms with Gasteiger partial charge < -0.3 is 15.0 Å². The number of hydrogen-bond acceptors (Lipinski definition) is 5. The van der Waals surface area contributed by atoms with Crippen LogP contribution in [-0.2, 0) is 4.79 Å². The molecule has 3 heterocycles. The molecule has 130 valence electrons. The van der Waals surface area contributed by atoms with Crippen LogP contribution in [0.15, 0.2) is 28.9 Å². The maximum absolute atomic E-state index is 12.9. The SMILES string of the molecule is COc1ccc(Br)cc1-c1ncc(C(=O)N2C3CCC2C(=O)NC3)s1. The van der Waals surface area contributed by atoms with Gasteiger partial charge in [0.1, 0.15) is 21.7 Å². The third-order valence-corrected chi connectivity index (χ3v) is 6.17. The van der Waals surface area contributed by atoms with Gasteiger partial charge in [0.25, 0.3) is 5.91 Å². The predicted octanol–water partition coefficient (Wildman–Crippen LogP) is 2.68. The van der Waals surface area contributed by atoms with Gasteiger partial charge in [-0.25, -0.2) is 4.98 Å². The predicted molar refractivity (Wildman–Crippen MR) is 97.8 cm³/mol. The molecular formula is C17H16BrN3O3S. The Morgan fingerprint density at radius 1 is 1.44 bits per heavy atom. The lowest BCUT2D eigenvalue weighted by Crippen LogP contribution is -2.57. The van der Waals surface area contributed by atoms with Crippen LogP contribution in [0, 0.1) is 0 Å². The monoisotopic (exact) mass is 421 g/mol. The molecule has 25 heavy (non-hydrogen) atoms. The Kier molecular flexibility index (Phi) is 4.24. The van der Waals surface area contributed by atoms with Crippen molar-refractivity contribution in [3.05, 3.63) is 33.7 Å². The van der Waals surface area contributed by atoms with Crippen LogP contribution in [0.3, 0.4) is 0 Å². The zero-order valence-electron chi connectivity index (χ0n) is 13.5. The zero-order chi connectivity index (χ0) is 17.6. The van der Waals surface area contributed by atoms with E-state index in [1.807, 2.05) is 18.2 Å². The number of benzene rings is 1. The van der Waals surface area contributed by atoms with Crippen molar-refractivity contribution >= 4 is 39.1 Å². The topological polar surface area (TPSA) is 71.5 Å². The summed E-state index contributed by atoms with van der Waals surface area (Å²) in [7, 11) is 1.61. The van der Waals surface area contributed by atoms with Crippen LogP contribution in [0.1, 0.15) is 22.5 Å². The van der Waals surface area contributed by atoms with Crippen molar-refractivity contribution in [2.24, 2.45) is 0 Å². The van der Waals surface area contributed by atoms with Gasteiger partial charge in [0.2, 0.25) is 5.91 Å². The van der Waals surface area contributed by atoms with E-state index in [1.165, 1.54) is 11.3 Å². The van der Waals surface area contributed by atoms with Crippen LogP contribution in [-0.4, -0.2) is 47.4 Å². The molecule has 0 saturated carbocycles. The average Bonchev–Trinajstić information content (AvgIpc) is 3.22. The average molecular weight is 422 g/mol. The maximum atomic E-state index is 12.9. The fourth-order valence-corrected chi connectivity index (χ4v) is 4.70. The Morgan fingerprint density at radius 3 is 3.08 bits per heavy atom. The lowest BCUT2D eigenvalue weighted by molar-refractivity contribution is -0.127. The Labute approximate surface area is 157 Å². The smallest absolute Gasteiger partial charge is 0.266 e. The van der Waals surface area contributed by atoms with E-state index in [0.717, 1.165) is 27.9 Å². The normalized spacial score (nSPS) is 22.0. The standard InChI is InChI=1S/C17H16BrN3O3S/c1-24-13-5-2-9(18)6-11(13)16-20-8-14(25-16)17(23)21-10-3-4-12(21)15(22)19-7-10/h2,5-6,8,10,12H,3-4,7H2,1H3,(H,19,22). The number of carbonyl (C=O) groups excluding carboxylic acids is 2. The van der Waals surface area contributed by atoms with Crippen LogP contribution in [0.5, 0.6) is 5.75 Å². The molecule has 2 atom stereocenters. The molecule has 2 aliphatic rings. The van der Waals surface area contributed by atoms with Crippen LogP contribution in [0.25, 0.3) is 10.6 Å². The van der Waals surface area contributed by atoms with Crippen molar-refractivity contribution in [3.8, 4) is 16.3 Å². The summed E-state index contributed by atoms with van der Waals surface area (Å²) in [4.78, 5) is 31.6. The first kappa shape index (κ1) is 16.5. The Hall–Kier alpha value is -1.93. The number of piperazine rings is 1. The van der Waals surface area contributed by atoms with Gasteiger partial charge in [0.15, 0.2) is 0 Å². The van der Waals surface area contributed by atoms with E-state index in [1.54, 1.807) is 18.2 Å². The Bertz CT molecular complexity index is 853. The number of ether oxygens (including phenoxy) is 1. The summed E-state index contributed by atoms with van der Waals surface area (Å²) in [5, 5.41) is 3.58. The number of carbonyl (C=O) groups is 2. The minimum absolute atomic E-state index is 0.0551. The van der Waals surface area contributed by atoms with Crippen molar-refractivity contribution in [3.63, 3.8) is 0 Å². The Balaban J connectivity index is 1.65. The number of hydrogen-bond donors (Lipinski definition) is 1. The van der Waals surface area contributed by atoms with Crippen molar-refractivity contribution < 1.29 is 14.3 Å². The summed E-state index contributed by atoms with van der Waals surface area (Å²) < 4.78 is 6.31. The maximum Gasteiger partial charge on any atom is 0.266 e. The van der Waals surface area contributed by atoms with Crippen LogP contribution < -0.4 is 10.1 Å². The first-order valence-electron chi connectivity index (χ1n) is 7.98. The molecule has 1 aromatic heterocycles. The van der Waals surface area contributed by atoms with Gasteiger partial charge in [0.05, 0.1) is 24.9 Å². The largest absolute Gasteiger partial charge is 0.496 e. The van der Waals surface area contributed by atoms with Crippen LogP contribution in [0.4, 0.5) is 0 Å². The Morgan fingerprint density at radius 2 is 2.28 bits per heavy atom. The van der Waals surface area contributed by atoms with Gasteiger partial charge in [-0.3, -0.25) is 9.59 Å². The second kappa shape index (κ2) is 6.42. The van der Waals surface area contributed by atoms with Gasteiger partial charge in [-0.05, 0) is 31.0 Å². The molecule has 0 radical (unpaired) electrons. The molecule has 4 rings (SSSR count). The summed E-state index contributed by atoms with van der Waals surface area (Å²) in [5.74, 6) is 0.537. The molecule has 2 aromatic rings. The molecule has 1 N–H and O–H groups in total. The van der Waals surface area contributed by atoms with Crippen LogP contribution >= 0.6 is 27.3 Å². The van der Waals surface area contributed by atoms with E-state index in [0.29, 0.717) is 17.2 Å². The van der Waals surface area contributed by atoms with E-state index in [4.69, 9.17) is 4.74 Å². The van der Waals surface area contributed by atoms with Crippen molar-refractivity contribution in [1.82, 2.24) is 15.2 Å². The van der Waals surface area contributed by atoms with Crippen molar-refractivity contribution in [1.29, 1.82) is 0 Å². The molecule has 6 nitrogen and oxygen atoms in total. The molecule has 2 fully saturated rings. The van der Waals surface area contributed by atoms with E-state index in [-0.39, 0.29) is 23.9 Å². The number of thiazole rings is 1. The molecule has 1 aromatic carbocycles. The number of amides is 2. The number of fused-ring (bicyclic) bond motifs is 2. The van der Waals surface area contributed by atoms with E-state index < -0.39 is 0 Å². The van der Waals surface area contributed by atoms with E-state index in [2.05, 4.69) is 26.2 Å². The first-order chi connectivity index (χ1) is 12.1. The second-order valence-electron chi connectivity index (χ2n) is 6.08. The molecule has 2 bridgehead atoms. The summed E-state index contributed by atoms with van der Waals surface area (Å²) in [6, 6.07) is 5.41. The third-order valence-electron chi connectivity index (χ3n) is 4.66. The number of aromatic nitrogens is 1. The third kappa shape index (κ3) is 2.83. The lowest BCUT2D eigenvalue weighted by atomic mass is 10.2. The highest BCUT2D eigenvalue weighted by atomic mass is 79.9. The molecule has 2 unspecified atom stereocenters. The fourth-order valence-electron chi connectivity index (χ4n) is 3.46. The molecule has 8 heteroatoms. The highest BCUT2D eigenvalue weighted by Crippen LogP contribution is 2.36. The highest BCUT2D eigenvalue weighted by molar-refractivity contribution is 9.10. The molecule has 2 saturated heterocycles. The summed E-state index contributed by atoms with van der Waals surface area (Å²) in [5.41, 5.74) is 0.834. The number of methoxy groups -OCH3 is 1. The van der Waals surface area contributed by atoms with Crippen molar-refractivity contribution in [2.45, 2.75) is 24.9 Å². The van der Waals surface area contributed by atoms with Gasteiger partial charge in [-0.2, -0.15) is 0 Å².